The van der Waals surface area contributed by atoms with Crippen molar-refractivity contribution in [2.24, 2.45) is 5.41 Å². The Labute approximate surface area is 117 Å². The summed E-state index contributed by atoms with van der Waals surface area (Å²) in [6.07, 6.45) is 4.23. The predicted molar refractivity (Wildman–Crippen MR) is 75.9 cm³/mol. The number of H-pyrrole nitrogens is 1. The van der Waals surface area contributed by atoms with Gasteiger partial charge in [0.2, 0.25) is 11.9 Å². The minimum absolute atomic E-state index is 0.237. The van der Waals surface area contributed by atoms with Crippen LogP contribution in [0.2, 0.25) is 0 Å². The summed E-state index contributed by atoms with van der Waals surface area (Å²) in [7, 11) is 0. The Kier molecular flexibility index (Phi) is 3.15. The summed E-state index contributed by atoms with van der Waals surface area (Å²) in [6, 6.07) is 9.80. The number of hydrogen-bond donors (Lipinski definition) is 2. The SMILES string of the molecule is N#CC1(C(=O)Nc2nc3ccccc3[nH]2)CCCCC1. The highest BCUT2D eigenvalue weighted by Gasteiger charge is 2.40. The summed E-state index contributed by atoms with van der Waals surface area (Å²) >= 11 is 0. The average molecular weight is 268 g/mol. The lowest BCUT2D eigenvalue weighted by Crippen LogP contribution is -2.37. The number of nitrogens with one attached hydrogen (secondary N) is 2. The van der Waals surface area contributed by atoms with Crippen LogP contribution in [-0.4, -0.2) is 15.9 Å². The topological polar surface area (TPSA) is 81.6 Å². The lowest BCUT2D eigenvalue weighted by molar-refractivity contribution is -0.124. The van der Waals surface area contributed by atoms with Gasteiger partial charge in [0.1, 0.15) is 5.41 Å². The Morgan fingerprint density at radius 2 is 2.05 bits per heavy atom. The molecule has 0 aliphatic heterocycles. The zero-order valence-electron chi connectivity index (χ0n) is 11.1. The highest BCUT2D eigenvalue weighted by molar-refractivity contribution is 5.97. The van der Waals surface area contributed by atoms with Crippen LogP contribution in [0.15, 0.2) is 24.3 Å². The van der Waals surface area contributed by atoms with Gasteiger partial charge in [-0.15, -0.1) is 0 Å². The van der Waals surface area contributed by atoms with E-state index in [1.165, 1.54) is 0 Å². The van der Waals surface area contributed by atoms with E-state index >= 15 is 0 Å². The second-order valence-corrected chi connectivity index (χ2v) is 5.31. The number of carbonyl (C=O) groups is 1. The third kappa shape index (κ3) is 2.14. The summed E-state index contributed by atoms with van der Waals surface area (Å²) < 4.78 is 0. The highest BCUT2D eigenvalue weighted by Crippen LogP contribution is 2.36. The fourth-order valence-electron chi connectivity index (χ4n) is 2.78. The van der Waals surface area contributed by atoms with Gasteiger partial charge < -0.3 is 4.98 Å². The van der Waals surface area contributed by atoms with Crippen molar-refractivity contribution in [3.8, 4) is 6.07 Å². The van der Waals surface area contributed by atoms with Crippen molar-refractivity contribution in [1.82, 2.24) is 9.97 Å². The van der Waals surface area contributed by atoms with Crippen molar-refractivity contribution in [3.05, 3.63) is 24.3 Å². The number of aromatic amines is 1. The van der Waals surface area contributed by atoms with Crippen molar-refractivity contribution in [1.29, 1.82) is 5.26 Å². The standard InChI is InChI=1S/C15H16N4O/c16-10-15(8-4-1-5-9-15)13(20)19-14-17-11-6-2-3-7-12(11)18-14/h2-3,6-7H,1,4-5,8-9H2,(H2,17,18,19,20). The van der Waals surface area contributed by atoms with Crippen LogP contribution in [0.25, 0.3) is 11.0 Å². The molecule has 5 heteroatoms. The maximum absolute atomic E-state index is 12.4. The average Bonchev–Trinajstić information content (AvgIpc) is 2.90. The Morgan fingerprint density at radius 1 is 1.30 bits per heavy atom. The number of benzene rings is 1. The van der Waals surface area contributed by atoms with Crippen molar-refractivity contribution in [2.75, 3.05) is 5.32 Å². The number of nitriles is 1. The van der Waals surface area contributed by atoms with Crippen molar-refractivity contribution in [2.45, 2.75) is 32.1 Å². The minimum Gasteiger partial charge on any atom is -0.324 e. The first-order valence-electron chi connectivity index (χ1n) is 6.91. The van der Waals surface area contributed by atoms with Crippen LogP contribution in [0.4, 0.5) is 5.95 Å². The zero-order chi connectivity index (χ0) is 14.0. The van der Waals surface area contributed by atoms with Crippen LogP contribution in [-0.2, 0) is 4.79 Å². The summed E-state index contributed by atoms with van der Waals surface area (Å²) in [6.45, 7) is 0. The second-order valence-electron chi connectivity index (χ2n) is 5.31. The van der Waals surface area contributed by atoms with Gasteiger partial charge in [0.25, 0.3) is 0 Å². The Balaban J connectivity index is 1.82. The molecule has 1 aliphatic carbocycles. The maximum Gasteiger partial charge on any atom is 0.247 e. The van der Waals surface area contributed by atoms with Gasteiger partial charge in [-0.3, -0.25) is 10.1 Å². The zero-order valence-corrected chi connectivity index (χ0v) is 11.1. The molecular weight excluding hydrogens is 252 g/mol. The molecule has 1 fully saturated rings. The molecule has 1 aliphatic rings. The molecule has 1 aromatic carbocycles. The third-order valence-corrected chi connectivity index (χ3v) is 3.98. The van der Waals surface area contributed by atoms with E-state index in [9.17, 15) is 10.1 Å². The van der Waals surface area contributed by atoms with Crippen LogP contribution in [0.3, 0.4) is 0 Å². The third-order valence-electron chi connectivity index (χ3n) is 3.98. The summed E-state index contributed by atoms with van der Waals surface area (Å²) in [4.78, 5) is 19.8. The van der Waals surface area contributed by atoms with Gasteiger partial charge >= 0.3 is 0 Å². The highest BCUT2D eigenvalue weighted by atomic mass is 16.2. The number of imidazole rings is 1. The van der Waals surface area contributed by atoms with E-state index in [0.29, 0.717) is 18.8 Å². The molecule has 1 heterocycles. The number of amides is 1. The first-order chi connectivity index (χ1) is 9.73. The fourth-order valence-corrected chi connectivity index (χ4v) is 2.78. The first kappa shape index (κ1) is 12.7. The van der Waals surface area contributed by atoms with Crippen LogP contribution in [0, 0.1) is 16.7 Å². The number of aromatic nitrogens is 2. The lowest BCUT2D eigenvalue weighted by atomic mass is 9.74. The van der Waals surface area contributed by atoms with E-state index in [4.69, 9.17) is 0 Å². The Hall–Kier alpha value is -2.35. The van der Waals surface area contributed by atoms with Gasteiger partial charge in [-0.2, -0.15) is 5.26 Å². The van der Waals surface area contributed by atoms with Crippen LogP contribution in [0.5, 0.6) is 0 Å². The van der Waals surface area contributed by atoms with E-state index in [1.807, 2.05) is 24.3 Å². The number of nitrogens with zero attached hydrogens (tertiary/aromatic N) is 2. The van der Waals surface area contributed by atoms with Gasteiger partial charge in [-0.05, 0) is 25.0 Å². The van der Waals surface area contributed by atoms with Crippen molar-refractivity contribution >= 4 is 22.9 Å². The van der Waals surface area contributed by atoms with Gasteiger partial charge in [0, 0.05) is 0 Å². The first-order valence-corrected chi connectivity index (χ1v) is 6.91. The van der Waals surface area contributed by atoms with E-state index < -0.39 is 5.41 Å². The van der Waals surface area contributed by atoms with Crippen LogP contribution in [0.1, 0.15) is 32.1 Å². The Morgan fingerprint density at radius 3 is 2.75 bits per heavy atom. The number of anilines is 1. The van der Waals surface area contributed by atoms with Crippen LogP contribution >= 0.6 is 0 Å². The van der Waals surface area contributed by atoms with Gasteiger partial charge in [-0.1, -0.05) is 31.4 Å². The maximum atomic E-state index is 12.4. The molecule has 0 unspecified atom stereocenters. The van der Waals surface area contributed by atoms with E-state index in [-0.39, 0.29) is 5.91 Å². The number of hydrogen-bond acceptors (Lipinski definition) is 3. The minimum atomic E-state index is -0.892. The van der Waals surface area contributed by atoms with Crippen molar-refractivity contribution < 1.29 is 4.79 Å². The molecule has 0 saturated heterocycles. The monoisotopic (exact) mass is 268 g/mol. The Bertz CT molecular complexity index is 643. The number of carbonyl (C=O) groups excluding carboxylic acids is 1. The molecule has 0 radical (unpaired) electrons. The molecule has 20 heavy (non-hydrogen) atoms. The van der Waals surface area contributed by atoms with E-state index in [1.54, 1.807) is 0 Å². The number of fused-ring (bicyclic) bond motifs is 1. The molecule has 1 saturated carbocycles. The molecule has 1 amide bonds. The second kappa shape index (κ2) is 4.97. The molecule has 0 spiro atoms. The van der Waals surface area contributed by atoms with Crippen molar-refractivity contribution in [3.63, 3.8) is 0 Å². The lowest BCUT2D eigenvalue weighted by Gasteiger charge is -2.28. The molecule has 102 valence electrons. The predicted octanol–water partition coefficient (Wildman–Crippen LogP) is 2.98. The summed E-state index contributed by atoms with van der Waals surface area (Å²) in [5.41, 5.74) is 0.784. The van der Waals surface area contributed by atoms with Gasteiger partial charge in [0.05, 0.1) is 17.1 Å². The molecular formula is C15H16N4O. The fraction of sp³-hybridized carbons (Fsp3) is 0.400. The van der Waals surface area contributed by atoms with Gasteiger partial charge in [0.15, 0.2) is 0 Å². The van der Waals surface area contributed by atoms with Crippen LogP contribution < -0.4 is 5.32 Å². The molecule has 2 N–H and O–H groups in total. The molecule has 2 aromatic rings. The van der Waals surface area contributed by atoms with E-state index in [2.05, 4.69) is 21.4 Å². The molecule has 3 rings (SSSR count). The summed E-state index contributed by atoms with van der Waals surface area (Å²) in [5.74, 6) is 0.176. The number of rotatable bonds is 2. The molecule has 0 bridgehead atoms. The molecule has 0 atom stereocenters. The quantitative estimate of drug-likeness (QED) is 0.878. The smallest absolute Gasteiger partial charge is 0.247 e. The van der Waals surface area contributed by atoms with Gasteiger partial charge in [-0.25, -0.2) is 4.98 Å². The normalized spacial score (nSPS) is 17.6. The molecule has 1 aromatic heterocycles. The largest absolute Gasteiger partial charge is 0.324 e. The number of para-hydroxylation sites is 2. The van der Waals surface area contributed by atoms with E-state index in [0.717, 1.165) is 30.3 Å². The summed E-state index contributed by atoms with van der Waals surface area (Å²) in [5, 5.41) is 12.2. The molecule has 5 nitrogen and oxygen atoms in total.